The minimum Gasteiger partial charge on any atom is -0.490 e. The average molecular weight is 814 g/mol. The molecule has 13 nitrogen and oxygen atoms in total. The van der Waals surface area contributed by atoms with Crippen molar-refractivity contribution >= 4 is 46.7 Å². The molecule has 0 bridgehead atoms. The van der Waals surface area contributed by atoms with Crippen molar-refractivity contribution in [2.24, 2.45) is 5.92 Å². The monoisotopic (exact) mass is 813 g/mol. The van der Waals surface area contributed by atoms with E-state index in [-0.39, 0.29) is 42.5 Å². The maximum Gasteiger partial charge on any atom is 0.255 e. The zero-order valence-electron chi connectivity index (χ0n) is 35.2. The topological polar surface area (TPSA) is 142 Å². The first-order valence-electron chi connectivity index (χ1n) is 21.6. The number of fused-ring (bicyclic) bond motifs is 1. The van der Waals surface area contributed by atoms with Crippen LogP contribution in [0, 0.1) is 23.1 Å². The summed E-state index contributed by atoms with van der Waals surface area (Å²) in [7, 11) is 0. The van der Waals surface area contributed by atoms with Crippen LogP contribution in [-0.2, 0) is 16.1 Å². The Labute approximate surface area is 346 Å². The normalized spacial score (nSPS) is 24.0. The van der Waals surface area contributed by atoms with E-state index in [0.717, 1.165) is 56.3 Å². The van der Waals surface area contributed by atoms with E-state index in [1.807, 2.05) is 11.0 Å². The fourth-order valence-corrected chi connectivity index (χ4v) is 9.19. The fourth-order valence-electron chi connectivity index (χ4n) is 8.98. The predicted molar refractivity (Wildman–Crippen MR) is 215 cm³/mol. The van der Waals surface area contributed by atoms with Gasteiger partial charge in [0.25, 0.3) is 11.8 Å². The van der Waals surface area contributed by atoms with Crippen LogP contribution in [0.4, 0.5) is 15.9 Å². The molecule has 3 aromatic rings. The van der Waals surface area contributed by atoms with Gasteiger partial charge in [-0.1, -0.05) is 11.6 Å². The van der Waals surface area contributed by atoms with Crippen molar-refractivity contribution in [2.75, 3.05) is 62.6 Å². The third kappa shape index (κ3) is 8.33. The van der Waals surface area contributed by atoms with Gasteiger partial charge in [0.1, 0.15) is 29.5 Å². The Bertz CT molecular complexity index is 2220. The van der Waals surface area contributed by atoms with Gasteiger partial charge in [-0.3, -0.25) is 29.4 Å². The number of piperazine rings is 1. The van der Waals surface area contributed by atoms with Crippen LogP contribution >= 0.6 is 11.6 Å². The second-order valence-electron chi connectivity index (χ2n) is 16.0. The Morgan fingerprint density at radius 1 is 1.00 bits per heavy atom. The van der Waals surface area contributed by atoms with Crippen LogP contribution in [0.15, 0.2) is 48.7 Å². The Balaban J connectivity index is 0.795. The third-order valence-corrected chi connectivity index (χ3v) is 12.7. The number of imide groups is 1. The summed E-state index contributed by atoms with van der Waals surface area (Å²) in [4.78, 5) is 64.6. The summed E-state index contributed by atoms with van der Waals surface area (Å²) in [6.07, 6.45) is 5.66. The van der Waals surface area contributed by atoms with Crippen molar-refractivity contribution in [1.82, 2.24) is 25.0 Å². The van der Waals surface area contributed by atoms with E-state index in [0.29, 0.717) is 72.3 Å². The maximum absolute atomic E-state index is 15.4. The molecule has 1 unspecified atom stereocenters. The molecule has 58 heavy (non-hydrogen) atoms. The lowest BCUT2D eigenvalue weighted by Gasteiger charge is -2.40. The molecule has 5 aliphatic rings. The van der Waals surface area contributed by atoms with Crippen LogP contribution in [0.25, 0.3) is 0 Å². The van der Waals surface area contributed by atoms with Crippen molar-refractivity contribution in [1.29, 1.82) is 5.26 Å². The minimum atomic E-state index is -2.63. The van der Waals surface area contributed by atoms with E-state index in [9.17, 15) is 19.2 Å². The summed E-state index contributed by atoms with van der Waals surface area (Å²) >= 11 is 6.16. The first kappa shape index (κ1) is 35.9. The van der Waals surface area contributed by atoms with Crippen molar-refractivity contribution < 1.29 is 32.4 Å². The van der Waals surface area contributed by atoms with E-state index < -0.39 is 42.6 Å². The highest BCUT2D eigenvalue weighted by Gasteiger charge is 2.40. The SMILES string of the molecule is [2H]C([2H])([2H])N(C(=O)c1ccc(N2CCC(CN3CCN(c4cc5c(cc4F)C(=O)N(C4CCC(=O)NC4=O)C5)CC3)CC2)nc1)C1CCC(Oc2ccc(C#N)c(Cl)c2)CC1. The first-order chi connectivity index (χ1) is 29.2. The van der Waals surface area contributed by atoms with Crippen LogP contribution in [0.5, 0.6) is 5.75 Å². The van der Waals surface area contributed by atoms with Crippen molar-refractivity contribution in [3.8, 4) is 11.8 Å². The van der Waals surface area contributed by atoms with Gasteiger partial charge in [-0.15, -0.1) is 0 Å². The van der Waals surface area contributed by atoms with Gasteiger partial charge in [0, 0.05) is 93.7 Å². The molecule has 1 aromatic heterocycles. The van der Waals surface area contributed by atoms with E-state index in [4.69, 9.17) is 25.7 Å². The molecule has 8 rings (SSSR count). The second kappa shape index (κ2) is 16.9. The van der Waals surface area contributed by atoms with E-state index in [2.05, 4.69) is 20.1 Å². The minimum absolute atomic E-state index is 0.159. The predicted octanol–water partition coefficient (Wildman–Crippen LogP) is 5.01. The van der Waals surface area contributed by atoms with E-state index in [1.54, 1.807) is 36.4 Å². The number of nitrogens with one attached hydrogen (secondary N) is 1. The Hall–Kier alpha value is -5.26. The maximum atomic E-state index is 15.4. The number of nitrogens with zero attached hydrogens (tertiary/aromatic N) is 7. The highest BCUT2D eigenvalue weighted by molar-refractivity contribution is 6.31. The summed E-state index contributed by atoms with van der Waals surface area (Å²) in [6.45, 7) is 2.89. The number of carbonyl (C=O) groups excluding carboxylic acids is 4. The number of aromatic nitrogens is 1. The van der Waals surface area contributed by atoms with Gasteiger partial charge in [0.2, 0.25) is 11.8 Å². The van der Waals surface area contributed by atoms with Crippen molar-refractivity contribution in [3.63, 3.8) is 0 Å². The number of halogens is 2. The van der Waals surface area contributed by atoms with Gasteiger partial charge in [-0.2, -0.15) is 5.26 Å². The van der Waals surface area contributed by atoms with Gasteiger partial charge in [-0.05, 0) is 92.8 Å². The molecule has 5 heterocycles. The van der Waals surface area contributed by atoms with Gasteiger partial charge >= 0.3 is 0 Å². The molecule has 4 fully saturated rings. The molecule has 0 radical (unpaired) electrons. The Kier molecular flexibility index (Phi) is 10.5. The molecule has 1 aliphatic carbocycles. The number of hydrogen-bond donors (Lipinski definition) is 1. The van der Waals surface area contributed by atoms with Gasteiger partial charge < -0.3 is 24.3 Å². The number of rotatable bonds is 9. The molecule has 1 atom stereocenters. The standard InChI is InChI=1S/C43H48ClFN8O5/c1-49(31-4-7-32(8-5-31)58-33-6-2-28(23-46)35(44)21-33)42(56)29-3-10-39(47-24-29)52-14-12-27(13-15-52)25-50-16-18-51(19-17-50)38-20-30-26-53(43(57)34(30)22-36(38)45)37-9-11-40(54)48-41(37)55/h2-3,6,10,20-22,24,27,31-32,37H,4-5,7-9,11-19,25-26H2,1H3,(H,48,54,55)/i1D3. The molecule has 1 N–H and O–H groups in total. The lowest BCUT2D eigenvalue weighted by Crippen LogP contribution is -2.52. The van der Waals surface area contributed by atoms with Crippen molar-refractivity contribution in [2.45, 2.75) is 76.1 Å². The zero-order chi connectivity index (χ0) is 43.0. The van der Waals surface area contributed by atoms with E-state index in [1.165, 1.54) is 17.2 Å². The molecule has 1 saturated carbocycles. The van der Waals surface area contributed by atoms with Gasteiger partial charge in [0.15, 0.2) is 0 Å². The van der Waals surface area contributed by atoms with Crippen LogP contribution in [0.3, 0.4) is 0 Å². The highest BCUT2D eigenvalue weighted by Crippen LogP contribution is 2.34. The molecule has 3 saturated heterocycles. The second-order valence-corrected chi connectivity index (χ2v) is 16.4. The average Bonchev–Trinajstić information content (AvgIpc) is 3.55. The molecule has 0 spiro atoms. The molecule has 4 aliphatic heterocycles. The lowest BCUT2D eigenvalue weighted by molar-refractivity contribution is -0.136. The molecule has 15 heteroatoms. The number of piperidine rings is 2. The van der Waals surface area contributed by atoms with Crippen LogP contribution in [0.2, 0.25) is 5.02 Å². The van der Waals surface area contributed by atoms with Gasteiger partial charge in [-0.25, -0.2) is 9.37 Å². The smallest absolute Gasteiger partial charge is 0.255 e. The number of pyridine rings is 1. The molecular formula is C43H48ClFN8O5. The lowest BCUT2D eigenvalue weighted by atomic mass is 9.91. The summed E-state index contributed by atoms with van der Waals surface area (Å²) in [5, 5.41) is 11.7. The number of nitriles is 1. The number of anilines is 2. The molecule has 4 amide bonds. The molecule has 304 valence electrons. The van der Waals surface area contributed by atoms with E-state index >= 15 is 4.39 Å². The number of benzene rings is 2. The number of carbonyl (C=O) groups is 4. The summed E-state index contributed by atoms with van der Waals surface area (Å²) in [6, 6.07) is 12.2. The van der Waals surface area contributed by atoms with Crippen molar-refractivity contribution in [3.05, 3.63) is 81.8 Å². The first-order valence-corrected chi connectivity index (χ1v) is 20.5. The number of ether oxygens (including phenoxy) is 1. The zero-order valence-corrected chi connectivity index (χ0v) is 32.9. The van der Waals surface area contributed by atoms with Crippen LogP contribution in [0.1, 0.15) is 87.3 Å². The summed E-state index contributed by atoms with van der Waals surface area (Å²) < 4.78 is 46.2. The van der Waals surface area contributed by atoms with Crippen LogP contribution < -0.4 is 19.9 Å². The molecular weight excluding hydrogens is 763 g/mol. The summed E-state index contributed by atoms with van der Waals surface area (Å²) in [5.74, 6) is -0.525. The Morgan fingerprint density at radius 2 is 1.78 bits per heavy atom. The van der Waals surface area contributed by atoms with Gasteiger partial charge in [0.05, 0.1) is 27.9 Å². The quantitative estimate of drug-likeness (QED) is 0.293. The summed E-state index contributed by atoms with van der Waals surface area (Å²) in [5.41, 5.74) is 1.99. The highest BCUT2D eigenvalue weighted by atomic mass is 35.5. The number of hydrogen-bond acceptors (Lipinski definition) is 10. The number of amides is 4. The molecule has 2 aromatic carbocycles. The third-order valence-electron chi connectivity index (χ3n) is 12.3. The fraction of sp³-hybridized carbons (Fsp3) is 0.488. The largest absolute Gasteiger partial charge is 0.490 e. The van der Waals surface area contributed by atoms with Crippen LogP contribution in [-0.4, -0.2) is 114 Å². The Morgan fingerprint density at radius 3 is 2.45 bits per heavy atom.